The Morgan fingerprint density at radius 1 is 1.22 bits per heavy atom. The molecule has 1 aliphatic heterocycles. The molecular formula is C21H23N5O6. The fourth-order valence-electron chi connectivity index (χ4n) is 3.70. The number of nitrogens with zero attached hydrogens (tertiary/aromatic N) is 4. The smallest absolute Gasteiger partial charge is 0.303 e. The summed E-state index contributed by atoms with van der Waals surface area (Å²) in [6.45, 7) is 4.44. The van der Waals surface area contributed by atoms with Crippen molar-refractivity contribution in [3.63, 3.8) is 0 Å². The summed E-state index contributed by atoms with van der Waals surface area (Å²) in [4.78, 5) is 44.4. The number of esters is 2. The summed E-state index contributed by atoms with van der Waals surface area (Å²) in [5, 5.41) is 0. The van der Waals surface area contributed by atoms with Gasteiger partial charge in [0.05, 0.1) is 12.0 Å². The fraction of sp³-hybridized carbons (Fsp3) is 0.381. The number of aryl methyl sites for hydroxylation is 1. The standard InChI is InChI=1S/C21H23N5O6/c1-11-4-6-14(7-5-11)26-20(29)18-19(24-21(26)22)25(10-23-18)17-8-15(31-13(3)28)16(32-17)9-30-12(2)27/h4-7,10,15-17H,8-9H2,1-3H3,(H2,22,24)/t15-,16+,17+/m0/s1. The highest BCUT2D eigenvalue weighted by Gasteiger charge is 2.40. The van der Waals surface area contributed by atoms with E-state index in [-0.39, 0.29) is 30.1 Å². The predicted octanol–water partition coefficient (Wildman–Crippen LogP) is 1.26. The maximum Gasteiger partial charge on any atom is 0.303 e. The van der Waals surface area contributed by atoms with E-state index >= 15 is 0 Å². The molecule has 1 saturated heterocycles. The van der Waals surface area contributed by atoms with Crippen molar-refractivity contribution < 1.29 is 23.8 Å². The molecule has 0 unspecified atom stereocenters. The number of anilines is 1. The number of fused-ring (bicyclic) bond motifs is 1. The molecule has 0 amide bonds. The monoisotopic (exact) mass is 441 g/mol. The minimum atomic E-state index is -0.671. The molecule has 1 fully saturated rings. The molecular weight excluding hydrogens is 418 g/mol. The van der Waals surface area contributed by atoms with Gasteiger partial charge in [-0.25, -0.2) is 9.55 Å². The number of ether oxygens (including phenoxy) is 3. The van der Waals surface area contributed by atoms with Crippen molar-refractivity contribution in [3.8, 4) is 5.69 Å². The quantitative estimate of drug-likeness (QED) is 0.579. The van der Waals surface area contributed by atoms with Crippen molar-refractivity contribution in [2.75, 3.05) is 12.3 Å². The number of carbonyl (C=O) groups is 2. The summed E-state index contributed by atoms with van der Waals surface area (Å²) in [6.07, 6.45) is -0.261. The van der Waals surface area contributed by atoms with Crippen molar-refractivity contribution in [3.05, 3.63) is 46.5 Å². The average molecular weight is 441 g/mol. The molecule has 2 N–H and O–H groups in total. The summed E-state index contributed by atoms with van der Waals surface area (Å²) in [5.41, 5.74) is 7.70. The molecule has 1 aromatic carbocycles. The van der Waals surface area contributed by atoms with Crippen molar-refractivity contribution >= 4 is 29.1 Å². The van der Waals surface area contributed by atoms with Crippen LogP contribution in [-0.2, 0) is 23.8 Å². The van der Waals surface area contributed by atoms with Crippen molar-refractivity contribution in [1.29, 1.82) is 0 Å². The zero-order chi connectivity index (χ0) is 23.0. The van der Waals surface area contributed by atoms with Crippen LogP contribution in [0.4, 0.5) is 5.95 Å². The number of imidazole rings is 1. The van der Waals surface area contributed by atoms with Crippen LogP contribution in [0.15, 0.2) is 35.4 Å². The lowest BCUT2D eigenvalue weighted by Gasteiger charge is -2.17. The Hall–Kier alpha value is -3.73. The molecule has 1 aliphatic rings. The van der Waals surface area contributed by atoms with E-state index in [1.54, 1.807) is 16.7 Å². The summed E-state index contributed by atoms with van der Waals surface area (Å²) in [7, 11) is 0. The Labute approximate surface area is 182 Å². The topological polar surface area (TPSA) is 141 Å². The zero-order valence-electron chi connectivity index (χ0n) is 17.8. The number of aromatic nitrogens is 4. The van der Waals surface area contributed by atoms with Gasteiger partial charge in [0.1, 0.15) is 25.0 Å². The van der Waals surface area contributed by atoms with Crippen molar-refractivity contribution in [2.24, 2.45) is 0 Å². The maximum absolute atomic E-state index is 13.1. The minimum Gasteiger partial charge on any atom is -0.463 e. The first-order valence-corrected chi connectivity index (χ1v) is 10.0. The number of carbonyl (C=O) groups excluding carboxylic acids is 2. The Bertz CT molecular complexity index is 1230. The van der Waals surface area contributed by atoms with E-state index in [0.29, 0.717) is 5.69 Å². The Morgan fingerprint density at radius 3 is 2.59 bits per heavy atom. The summed E-state index contributed by atoms with van der Waals surface area (Å²) >= 11 is 0. The van der Waals surface area contributed by atoms with Crippen LogP contribution in [0.5, 0.6) is 0 Å². The Morgan fingerprint density at radius 2 is 1.94 bits per heavy atom. The second kappa shape index (κ2) is 8.42. The van der Waals surface area contributed by atoms with Gasteiger partial charge in [0.15, 0.2) is 11.2 Å². The maximum atomic E-state index is 13.1. The van der Waals surface area contributed by atoms with Crippen LogP contribution >= 0.6 is 0 Å². The molecule has 0 saturated carbocycles. The molecule has 4 rings (SSSR count). The highest BCUT2D eigenvalue weighted by molar-refractivity contribution is 5.72. The predicted molar refractivity (Wildman–Crippen MR) is 113 cm³/mol. The van der Waals surface area contributed by atoms with Gasteiger partial charge in [-0.05, 0) is 19.1 Å². The van der Waals surface area contributed by atoms with Crippen LogP contribution in [0, 0.1) is 6.92 Å². The molecule has 32 heavy (non-hydrogen) atoms. The van der Waals surface area contributed by atoms with Gasteiger partial charge >= 0.3 is 11.9 Å². The molecule has 2 aromatic heterocycles. The third kappa shape index (κ3) is 4.06. The van der Waals surface area contributed by atoms with Crippen LogP contribution < -0.4 is 11.3 Å². The number of rotatable bonds is 5. The van der Waals surface area contributed by atoms with Gasteiger partial charge in [-0.1, -0.05) is 17.7 Å². The van der Waals surface area contributed by atoms with E-state index in [1.165, 1.54) is 24.7 Å². The van der Waals surface area contributed by atoms with E-state index in [2.05, 4.69) is 9.97 Å². The first-order valence-electron chi connectivity index (χ1n) is 10.0. The molecule has 3 aromatic rings. The van der Waals surface area contributed by atoms with Crippen LogP contribution in [0.25, 0.3) is 16.9 Å². The van der Waals surface area contributed by atoms with E-state index < -0.39 is 35.9 Å². The number of hydrogen-bond acceptors (Lipinski definition) is 9. The third-order valence-corrected chi connectivity index (χ3v) is 5.17. The van der Waals surface area contributed by atoms with E-state index in [1.807, 2.05) is 19.1 Å². The molecule has 3 atom stereocenters. The zero-order valence-corrected chi connectivity index (χ0v) is 17.8. The number of benzene rings is 1. The first kappa shape index (κ1) is 21.5. The number of hydrogen-bond donors (Lipinski definition) is 1. The van der Waals surface area contributed by atoms with Crippen molar-refractivity contribution in [2.45, 2.75) is 45.6 Å². The highest BCUT2D eigenvalue weighted by Crippen LogP contribution is 2.33. The molecule has 11 heteroatoms. The molecule has 3 heterocycles. The highest BCUT2D eigenvalue weighted by atomic mass is 16.6. The Kier molecular flexibility index (Phi) is 5.66. The fourth-order valence-corrected chi connectivity index (χ4v) is 3.70. The van der Waals surface area contributed by atoms with Crippen molar-refractivity contribution in [1.82, 2.24) is 19.1 Å². The first-order chi connectivity index (χ1) is 15.2. The largest absolute Gasteiger partial charge is 0.463 e. The lowest BCUT2D eigenvalue weighted by atomic mass is 10.2. The summed E-state index contributed by atoms with van der Waals surface area (Å²) in [6, 6.07) is 7.30. The number of nitrogen functional groups attached to an aromatic ring is 1. The molecule has 168 valence electrons. The Balaban J connectivity index is 1.69. The van der Waals surface area contributed by atoms with Gasteiger partial charge in [-0.2, -0.15) is 4.98 Å². The van der Waals surface area contributed by atoms with Crippen LogP contribution in [0.1, 0.15) is 32.1 Å². The molecule has 0 aliphatic carbocycles. The SMILES string of the molecule is CC(=O)OC[C@H]1O[C@@H](n2cnc3c(=O)n(-c4ccc(C)cc4)c(N)nc32)C[C@@H]1OC(C)=O. The molecule has 0 radical (unpaired) electrons. The summed E-state index contributed by atoms with van der Waals surface area (Å²) < 4.78 is 19.2. The van der Waals surface area contributed by atoms with Gasteiger partial charge < -0.3 is 19.9 Å². The van der Waals surface area contributed by atoms with Gasteiger partial charge in [-0.3, -0.25) is 19.0 Å². The minimum absolute atomic E-state index is 0.000834. The molecule has 11 nitrogen and oxygen atoms in total. The lowest BCUT2D eigenvalue weighted by Crippen LogP contribution is -2.31. The average Bonchev–Trinajstić information content (AvgIpc) is 3.31. The lowest BCUT2D eigenvalue weighted by molar-refractivity contribution is -0.155. The normalized spacial score (nSPS) is 20.4. The van der Waals surface area contributed by atoms with Crippen LogP contribution in [-0.4, -0.2) is 49.9 Å². The molecule has 0 bridgehead atoms. The van der Waals surface area contributed by atoms with Gasteiger partial charge in [0, 0.05) is 20.3 Å². The van der Waals surface area contributed by atoms with Gasteiger partial charge in [0.25, 0.3) is 5.56 Å². The van der Waals surface area contributed by atoms with Gasteiger partial charge in [0.2, 0.25) is 5.95 Å². The van der Waals surface area contributed by atoms with Gasteiger partial charge in [-0.15, -0.1) is 0 Å². The van der Waals surface area contributed by atoms with E-state index in [0.717, 1.165) is 5.56 Å². The number of nitrogens with two attached hydrogens (primary N) is 1. The van der Waals surface area contributed by atoms with Crippen LogP contribution in [0.2, 0.25) is 0 Å². The van der Waals surface area contributed by atoms with E-state index in [4.69, 9.17) is 19.9 Å². The molecule has 0 spiro atoms. The van der Waals surface area contributed by atoms with Crippen LogP contribution in [0.3, 0.4) is 0 Å². The summed E-state index contributed by atoms with van der Waals surface area (Å²) in [5.74, 6) is -0.956. The second-order valence-corrected chi connectivity index (χ2v) is 7.59. The van der Waals surface area contributed by atoms with E-state index in [9.17, 15) is 14.4 Å². The second-order valence-electron chi connectivity index (χ2n) is 7.59. The third-order valence-electron chi connectivity index (χ3n) is 5.17.